The Kier molecular flexibility index (Phi) is 5.80. The van der Waals surface area contributed by atoms with Crippen molar-refractivity contribution in [2.45, 2.75) is 53.0 Å². The van der Waals surface area contributed by atoms with Gasteiger partial charge in [-0.2, -0.15) is 0 Å². The first-order valence-electron chi connectivity index (χ1n) is 8.66. The number of carbonyl (C=O) groups is 2. The molecule has 1 N–H and O–H groups in total. The summed E-state index contributed by atoms with van der Waals surface area (Å²) < 4.78 is 0. The van der Waals surface area contributed by atoms with Crippen LogP contribution in [0.2, 0.25) is 0 Å². The van der Waals surface area contributed by atoms with Gasteiger partial charge in [0.15, 0.2) is 0 Å². The van der Waals surface area contributed by atoms with Crippen molar-refractivity contribution in [2.75, 3.05) is 13.1 Å². The minimum absolute atomic E-state index is 0.0163. The van der Waals surface area contributed by atoms with E-state index in [-0.39, 0.29) is 11.8 Å². The van der Waals surface area contributed by atoms with Crippen molar-refractivity contribution in [3.63, 3.8) is 0 Å². The lowest BCUT2D eigenvalue weighted by molar-refractivity contribution is -0.144. The van der Waals surface area contributed by atoms with Gasteiger partial charge in [-0.15, -0.1) is 0 Å². The van der Waals surface area contributed by atoms with Gasteiger partial charge in [0.05, 0.1) is 0 Å². The highest BCUT2D eigenvalue weighted by Crippen LogP contribution is 2.47. The molecule has 1 aromatic carbocycles. The lowest BCUT2D eigenvalue weighted by Crippen LogP contribution is -2.45. The van der Waals surface area contributed by atoms with Crippen molar-refractivity contribution in [3.8, 4) is 0 Å². The zero-order chi connectivity index (χ0) is 16.9. The van der Waals surface area contributed by atoms with E-state index in [0.717, 1.165) is 31.5 Å². The van der Waals surface area contributed by atoms with E-state index in [1.165, 1.54) is 5.56 Å². The third kappa shape index (κ3) is 4.12. The van der Waals surface area contributed by atoms with E-state index in [1.807, 2.05) is 36.1 Å². The molecule has 1 fully saturated rings. The van der Waals surface area contributed by atoms with Gasteiger partial charge >= 0.3 is 0 Å². The summed E-state index contributed by atoms with van der Waals surface area (Å²) in [4.78, 5) is 27.2. The lowest BCUT2D eigenvalue weighted by Gasteiger charge is -2.26. The first-order valence-corrected chi connectivity index (χ1v) is 8.66. The lowest BCUT2D eigenvalue weighted by atomic mass is 10.0. The summed E-state index contributed by atoms with van der Waals surface area (Å²) in [5, 5.41) is 2.95. The number of benzene rings is 1. The Morgan fingerprint density at radius 2 is 1.65 bits per heavy atom. The molecule has 1 saturated carbocycles. The number of rotatable bonds is 8. The maximum Gasteiger partial charge on any atom is 0.238 e. The molecule has 1 aliphatic carbocycles. The zero-order valence-electron chi connectivity index (χ0n) is 14.5. The van der Waals surface area contributed by atoms with E-state index >= 15 is 0 Å². The van der Waals surface area contributed by atoms with Crippen LogP contribution >= 0.6 is 0 Å². The molecule has 0 spiro atoms. The molecule has 2 rings (SSSR count). The van der Waals surface area contributed by atoms with Gasteiger partial charge in [-0.05, 0) is 38.2 Å². The molecule has 2 amide bonds. The van der Waals surface area contributed by atoms with E-state index in [4.69, 9.17) is 0 Å². The zero-order valence-corrected chi connectivity index (χ0v) is 14.5. The Morgan fingerprint density at radius 3 is 2.13 bits per heavy atom. The van der Waals surface area contributed by atoms with Gasteiger partial charge in [0.1, 0.15) is 5.41 Å². The van der Waals surface area contributed by atoms with Crippen molar-refractivity contribution in [1.29, 1.82) is 0 Å². The summed E-state index contributed by atoms with van der Waals surface area (Å²) in [7, 11) is 0. The summed E-state index contributed by atoms with van der Waals surface area (Å²) in [6, 6.07) is 8.09. The predicted molar refractivity (Wildman–Crippen MR) is 91.9 cm³/mol. The third-order valence-corrected chi connectivity index (χ3v) is 4.44. The van der Waals surface area contributed by atoms with Crippen LogP contribution in [0.15, 0.2) is 24.3 Å². The van der Waals surface area contributed by atoms with Gasteiger partial charge in [0.25, 0.3) is 0 Å². The van der Waals surface area contributed by atoms with Crippen LogP contribution in [0.3, 0.4) is 0 Å². The molecule has 1 aromatic rings. The average molecular weight is 316 g/mol. The maximum absolute atomic E-state index is 12.8. The molecule has 23 heavy (non-hydrogen) atoms. The molecule has 0 bridgehead atoms. The van der Waals surface area contributed by atoms with Gasteiger partial charge in [-0.3, -0.25) is 9.59 Å². The second-order valence-corrected chi connectivity index (χ2v) is 6.54. The van der Waals surface area contributed by atoms with Crippen LogP contribution in [-0.4, -0.2) is 29.8 Å². The van der Waals surface area contributed by atoms with Gasteiger partial charge in [-0.25, -0.2) is 0 Å². The summed E-state index contributed by atoms with van der Waals surface area (Å²) in [6.45, 7) is 8.12. The average Bonchev–Trinajstić information content (AvgIpc) is 3.35. The van der Waals surface area contributed by atoms with Crippen LogP contribution in [0.5, 0.6) is 0 Å². The van der Waals surface area contributed by atoms with Gasteiger partial charge in [0.2, 0.25) is 11.8 Å². The molecule has 0 unspecified atom stereocenters. The fourth-order valence-electron chi connectivity index (χ4n) is 2.88. The Hall–Kier alpha value is -1.84. The largest absolute Gasteiger partial charge is 0.351 e. The number of hydrogen-bond donors (Lipinski definition) is 1. The molecular weight excluding hydrogens is 288 g/mol. The Morgan fingerprint density at radius 1 is 1.09 bits per heavy atom. The number of nitrogens with one attached hydrogen (secondary N) is 1. The number of carbonyl (C=O) groups excluding carboxylic acids is 2. The van der Waals surface area contributed by atoms with Crippen molar-refractivity contribution >= 4 is 11.8 Å². The van der Waals surface area contributed by atoms with Crippen LogP contribution in [-0.2, 0) is 16.1 Å². The van der Waals surface area contributed by atoms with Gasteiger partial charge in [0, 0.05) is 19.6 Å². The van der Waals surface area contributed by atoms with Gasteiger partial charge < -0.3 is 10.2 Å². The minimum Gasteiger partial charge on any atom is -0.351 e. The highest BCUT2D eigenvalue weighted by Gasteiger charge is 2.57. The summed E-state index contributed by atoms with van der Waals surface area (Å²) >= 11 is 0. The maximum atomic E-state index is 12.8. The molecule has 4 nitrogen and oxygen atoms in total. The van der Waals surface area contributed by atoms with E-state index in [0.29, 0.717) is 19.4 Å². The summed E-state index contributed by atoms with van der Waals surface area (Å²) in [5.74, 6) is -0.0945. The second-order valence-electron chi connectivity index (χ2n) is 6.54. The second kappa shape index (κ2) is 7.62. The monoisotopic (exact) mass is 316 g/mol. The van der Waals surface area contributed by atoms with E-state index in [9.17, 15) is 9.59 Å². The van der Waals surface area contributed by atoms with Crippen molar-refractivity contribution in [2.24, 2.45) is 5.41 Å². The molecule has 0 aliphatic heterocycles. The SMILES string of the molecule is CCCN(CCC)C(=O)C1(C(=O)NCc2ccc(C)cc2)CC1. The highest BCUT2D eigenvalue weighted by atomic mass is 16.2. The van der Waals surface area contributed by atoms with E-state index < -0.39 is 5.41 Å². The van der Waals surface area contributed by atoms with Crippen molar-refractivity contribution in [3.05, 3.63) is 35.4 Å². The van der Waals surface area contributed by atoms with Crippen LogP contribution in [0.4, 0.5) is 0 Å². The van der Waals surface area contributed by atoms with E-state index in [1.54, 1.807) is 0 Å². The topological polar surface area (TPSA) is 49.4 Å². The first-order chi connectivity index (χ1) is 11.0. The predicted octanol–water partition coefficient (Wildman–Crippen LogP) is 3.04. The normalized spacial score (nSPS) is 15.1. The molecule has 0 saturated heterocycles. The quantitative estimate of drug-likeness (QED) is 0.749. The highest BCUT2D eigenvalue weighted by molar-refractivity contribution is 6.07. The Balaban J connectivity index is 1.97. The molecule has 4 heteroatoms. The number of aryl methyl sites for hydroxylation is 1. The summed E-state index contributed by atoms with van der Waals surface area (Å²) in [6.07, 6.45) is 3.20. The molecule has 0 atom stereocenters. The van der Waals surface area contributed by atoms with Crippen LogP contribution in [0.25, 0.3) is 0 Å². The summed E-state index contributed by atoms with van der Waals surface area (Å²) in [5.41, 5.74) is 1.46. The third-order valence-electron chi connectivity index (χ3n) is 4.44. The minimum atomic E-state index is -0.797. The first kappa shape index (κ1) is 17.5. The van der Waals surface area contributed by atoms with Crippen molar-refractivity contribution < 1.29 is 9.59 Å². The van der Waals surface area contributed by atoms with Crippen LogP contribution in [0.1, 0.15) is 50.7 Å². The van der Waals surface area contributed by atoms with Gasteiger partial charge in [-0.1, -0.05) is 43.7 Å². The smallest absolute Gasteiger partial charge is 0.238 e. The Labute approximate surface area is 139 Å². The number of hydrogen-bond acceptors (Lipinski definition) is 2. The molecule has 1 aliphatic rings. The fraction of sp³-hybridized carbons (Fsp3) is 0.579. The fourth-order valence-corrected chi connectivity index (χ4v) is 2.88. The van der Waals surface area contributed by atoms with Crippen molar-refractivity contribution in [1.82, 2.24) is 10.2 Å². The molecule has 0 radical (unpaired) electrons. The molecular formula is C19H28N2O2. The molecule has 126 valence electrons. The Bertz CT molecular complexity index is 541. The number of nitrogens with zero attached hydrogens (tertiary/aromatic N) is 1. The number of amides is 2. The van der Waals surface area contributed by atoms with Crippen LogP contribution in [0, 0.1) is 12.3 Å². The van der Waals surface area contributed by atoms with Crippen LogP contribution < -0.4 is 5.32 Å². The molecule has 0 aromatic heterocycles. The molecule has 0 heterocycles. The van der Waals surface area contributed by atoms with E-state index in [2.05, 4.69) is 19.2 Å². The standard InChI is InChI=1S/C19H28N2O2/c1-4-12-21(13-5-2)18(23)19(10-11-19)17(22)20-14-16-8-6-15(3)7-9-16/h6-9H,4-5,10-14H2,1-3H3,(H,20,22).